The van der Waals surface area contributed by atoms with E-state index < -0.39 is 0 Å². The molecule has 0 bridgehead atoms. The minimum absolute atomic E-state index is 0.174. The van der Waals surface area contributed by atoms with E-state index in [0.717, 1.165) is 18.5 Å². The van der Waals surface area contributed by atoms with E-state index in [0.29, 0.717) is 5.92 Å². The molecule has 1 rings (SSSR count). The molecule has 2 unspecified atom stereocenters. The largest absolute Gasteiger partial charge is 0.310 e. The first kappa shape index (κ1) is 15.1. The number of halogens is 1. The normalized spacial score (nSPS) is 15.4. The quantitative estimate of drug-likeness (QED) is 0.858. The van der Waals surface area contributed by atoms with E-state index in [-0.39, 0.29) is 17.3 Å². The Hall–Kier alpha value is -0.960. The summed E-state index contributed by atoms with van der Waals surface area (Å²) < 4.78 is 13.2. The van der Waals surface area contributed by atoms with Crippen molar-refractivity contribution in [2.75, 3.05) is 6.54 Å². The van der Waals surface area contributed by atoms with Gasteiger partial charge in [0, 0.05) is 12.2 Å². The highest BCUT2D eigenvalue weighted by atomic mass is 19.1. The number of pyridine rings is 1. The van der Waals surface area contributed by atoms with Crippen LogP contribution in [0.25, 0.3) is 0 Å². The number of hydrogen-bond donors (Lipinski definition) is 1. The summed E-state index contributed by atoms with van der Waals surface area (Å²) in [7, 11) is 0. The second-order valence-corrected chi connectivity index (χ2v) is 6.05. The summed E-state index contributed by atoms with van der Waals surface area (Å²) >= 11 is 0. The molecule has 0 aliphatic carbocycles. The van der Waals surface area contributed by atoms with Crippen LogP contribution >= 0.6 is 0 Å². The van der Waals surface area contributed by atoms with Gasteiger partial charge in [-0.3, -0.25) is 4.98 Å². The van der Waals surface area contributed by atoms with Crippen molar-refractivity contribution in [1.29, 1.82) is 0 Å². The van der Waals surface area contributed by atoms with Gasteiger partial charge in [-0.15, -0.1) is 0 Å². The van der Waals surface area contributed by atoms with E-state index in [1.807, 2.05) is 0 Å². The molecule has 0 amide bonds. The zero-order valence-electron chi connectivity index (χ0n) is 12.1. The monoisotopic (exact) mass is 252 g/mol. The summed E-state index contributed by atoms with van der Waals surface area (Å²) in [4.78, 5) is 3.94. The van der Waals surface area contributed by atoms with E-state index in [4.69, 9.17) is 0 Å². The van der Waals surface area contributed by atoms with Crippen LogP contribution < -0.4 is 5.32 Å². The summed E-state index contributed by atoms with van der Waals surface area (Å²) in [5, 5.41) is 3.42. The van der Waals surface area contributed by atoms with Crippen molar-refractivity contribution in [3.63, 3.8) is 0 Å². The number of rotatable bonds is 5. The Bertz CT molecular complexity index is 371. The molecule has 0 saturated heterocycles. The Morgan fingerprint density at radius 2 is 2.00 bits per heavy atom. The summed E-state index contributed by atoms with van der Waals surface area (Å²) in [6, 6.07) is 1.75. The van der Waals surface area contributed by atoms with Crippen LogP contribution in [0.15, 0.2) is 18.5 Å². The van der Waals surface area contributed by atoms with Crippen LogP contribution in [0.3, 0.4) is 0 Å². The van der Waals surface area contributed by atoms with Crippen molar-refractivity contribution < 1.29 is 4.39 Å². The van der Waals surface area contributed by atoms with Gasteiger partial charge in [-0.05, 0) is 35.9 Å². The minimum Gasteiger partial charge on any atom is -0.310 e. The van der Waals surface area contributed by atoms with Crippen LogP contribution in [-0.4, -0.2) is 11.5 Å². The fourth-order valence-corrected chi connectivity index (χ4v) is 1.91. The standard InChI is InChI=1S/C15H25FN2/c1-6-18-14(7-11(2)15(3,4)5)12-8-13(16)10-17-9-12/h8-11,14,18H,6-7H2,1-5H3. The van der Waals surface area contributed by atoms with Crippen molar-refractivity contribution in [3.8, 4) is 0 Å². The van der Waals surface area contributed by atoms with Gasteiger partial charge in [0.25, 0.3) is 0 Å². The Morgan fingerprint density at radius 1 is 1.33 bits per heavy atom. The average molecular weight is 252 g/mol. The van der Waals surface area contributed by atoms with E-state index in [9.17, 15) is 4.39 Å². The van der Waals surface area contributed by atoms with Crippen molar-refractivity contribution >= 4 is 0 Å². The molecule has 2 atom stereocenters. The maximum absolute atomic E-state index is 13.2. The topological polar surface area (TPSA) is 24.9 Å². The van der Waals surface area contributed by atoms with E-state index >= 15 is 0 Å². The average Bonchev–Trinajstić information content (AvgIpc) is 2.27. The summed E-state index contributed by atoms with van der Waals surface area (Å²) in [6.07, 6.45) is 3.99. The Balaban J connectivity index is 2.83. The highest BCUT2D eigenvalue weighted by molar-refractivity contribution is 5.15. The van der Waals surface area contributed by atoms with Gasteiger partial charge < -0.3 is 5.32 Å². The molecule has 0 fully saturated rings. The van der Waals surface area contributed by atoms with Crippen LogP contribution in [0.5, 0.6) is 0 Å². The summed E-state index contributed by atoms with van der Waals surface area (Å²) in [5.74, 6) is 0.281. The zero-order chi connectivity index (χ0) is 13.8. The van der Waals surface area contributed by atoms with Gasteiger partial charge in [-0.2, -0.15) is 0 Å². The minimum atomic E-state index is -0.265. The van der Waals surface area contributed by atoms with Gasteiger partial charge in [-0.25, -0.2) is 4.39 Å². The molecule has 1 heterocycles. The molecule has 2 nitrogen and oxygen atoms in total. The summed E-state index contributed by atoms with van der Waals surface area (Å²) in [6.45, 7) is 11.9. The fourth-order valence-electron chi connectivity index (χ4n) is 1.91. The first-order valence-electron chi connectivity index (χ1n) is 6.68. The number of nitrogens with one attached hydrogen (secondary N) is 1. The predicted molar refractivity (Wildman–Crippen MR) is 73.8 cm³/mol. The van der Waals surface area contributed by atoms with Crippen molar-refractivity contribution in [2.24, 2.45) is 11.3 Å². The Morgan fingerprint density at radius 3 is 2.50 bits per heavy atom. The number of aromatic nitrogens is 1. The lowest BCUT2D eigenvalue weighted by Gasteiger charge is -2.31. The maximum atomic E-state index is 13.2. The molecule has 1 aromatic heterocycles. The molecule has 0 radical (unpaired) electrons. The molecule has 102 valence electrons. The molecule has 0 aromatic carbocycles. The van der Waals surface area contributed by atoms with Crippen molar-refractivity contribution in [2.45, 2.75) is 47.1 Å². The molecular weight excluding hydrogens is 227 g/mol. The molecule has 0 spiro atoms. The fraction of sp³-hybridized carbons (Fsp3) is 0.667. The van der Waals surface area contributed by atoms with Crippen LogP contribution in [0.2, 0.25) is 0 Å². The van der Waals surface area contributed by atoms with Crippen LogP contribution in [0.4, 0.5) is 4.39 Å². The third-order valence-electron chi connectivity index (χ3n) is 3.65. The second-order valence-electron chi connectivity index (χ2n) is 6.05. The van der Waals surface area contributed by atoms with Crippen LogP contribution in [0, 0.1) is 17.2 Å². The highest BCUT2D eigenvalue weighted by Crippen LogP contribution is 2.33. The highest BCUT2D eigenvalue weighted by Gasteiger charge is 2.24. The van der Waals surface area contributed by atoms with Crippen molar-refractivity contribution in [3.05, 3.63) is 29.8 Å². The van der Waals surface area contributed by atoms with Crippen LogP contribution in [0.1, 0.15) is 52.6 Å². The van der Waals surface area contributed by atoms with Gasteiger partial charge in [0.1, 0.15) is 5.82 Å². The first-order chi connectivity index (χ1) is 8.34. The SMILES string of the molecule is CCNC(CC(C)C(C)(C)C)c1cncc(F)c1. The molecule has 0 aliphatic rings. The van der Waals surface area contributed by atoms with E-state index in [1.54, 1.807) is 12.3 Å². The zero-order valence-corrected chi connectivity index (χ0v) is 12.1. The smallest absolute Gasteiger partial charge is 0.141 e. The number of hydrogen-bond acceptors (Lipinski definition) is 2. The maximum Gasteiger partial charge on any atom is 0.141 e. The molecule has 3 heteroatoms. The molecule has 0 aliphatic heterocycles. The van der Waals surface area contributed by atoms with Gasteiger partial charge in [0.05, 0.1) is 6.20 Å². The lowest BCUT2D eigenvalue weighted by Crippen LogP contribution is -2.27. The summed E-state index contributed by atoms with van der Waals surface area (Å²) in [5.41, 5.74) is 1.20. The third-order valence-corrected chi connectivity index (χ3v) is 3.65. The van der Waals surface area contributed by atoms with E-state index in [2.05, 4.69) is 44.9 Å². The van der Waals surface area contributed by atoms with Gasteiger partial charge >= 0.3 is 0 Å². The van der Waals surface area contributed by atoms with E-state index in [1.165, 1.54) is 6.20 Å². The second kappa shape index (κ2) is 6.28. The third kappa shape index (κ3) is 4.37. The molecule has 18 heavy (non-hydrogen) atoms. The van der Waals surface area contributed by atoms with Gasteiger partial charge in [0.2, 0.25) is 0 Å². The van der Waals surface area contributed by atoms with Crippen molar-refractivity contribution in [1.82, 2.24) is 10.3 Å². The molecule has 1 N–H and O–H groups in total. The molecule has 0 saturated carbocycles. The predicted octanol–water partition coefficient (Wildman–Crippen LogP) is 3.94. The Labute approximate surface area is 110 Å². The van der Waals surface area contributed by atoms with Gasteiger partial charge in [0.15, 0.2) is 0 Å². The molecule has 1 aromatic rings. The van der Waals surface area contributed by atoms with Crippen LogP contribution in [-0.2, 0) is 0 Å². The number of nitrogens with zero attached hydrogens (tertiary/aromatic N) is 1. The first-order valence-corrected chi connectivity index (χ1v) is 6.68. The lowest BCUT2D eigenvalue weighted by molar-refractivity contribution is 0.223. The Kier molecular flexibility index (Phi) is 5.27. The molecular formula is C15H25FN2. The van der Waals surface area contributed by atoms with Gasteiger partial charge in [-0.1, -0.05) is 34.6 Å². The lowest BCUT2D eigenvalue weighted by atomic mass is 9.77.